The summed E-state index contributed by atoms with van der Waals surface area (Å²) in [6, 6.07) is 13.3. The first-order valence-corrected chi connectivity index (χ1v) is 7.50. The quantitative estimate of drug-likeness (QED) is 0.875. The predicted molar refractivity (Wildman–Crippen MR) is 89.0 cm³/mol. The maximum atomic E-state index is 12.6. The van der Waals surface area contributed by atoms with Gasteiger partial charge in [0.05, 0.1) is 29.9 Å². The van der Waals surface area contributed by atoms with E-state index < -0.39 is 6.04 Å². The lowest BCUT2D eigenvalue weighted by atomic mass is 10.2. The van der Waals surface area contributed by atoms with E-state index in [1.54, 1.807) is 49.6 Å². The number of carbonyl (C=O) groups is 2. The Morgan fingerprint density at radius 3 is 2.48 bits per heavy atom. The summed E-state index contributed by atoms with van der Waals surface area (Å²) in [5.41, 5.74) is 1.17. The van der Waals surface area contributed by atoms with E-state index in [9.17, 15) is 9.59 Å². The Bertz CT molecular complexity index is 746. The Kier molecular flexibility index (Phi) is 4.21. The zero-order valence-electron chi connectivity index (χ0n) is 12.5. The van der Waals surface area contributed by atoms with Gasteiger partial charge in [0.15, 0.2) is 0 Å². The molecule has 118 valence electrons. The van der Waals surface area contributed by atoms with Crippen molar-refractivity contribution < 1.29 is 14.3 Å². The van der Waals surface area contributed by atoms with Gasteiger partial charge >= 0.3 is 0 Å². The van der Waals surface area contributed by atoms with Crippen LogP contribution in [0.1, 0.15) is 6.42 Å². The lowest BCUT2D eigenvalue weighted by Gasteiger charge is -2.17. The van der Waals surface area contributed by atoms with E-state index in [-0.39, 0.29) is 18.2 Å². The van der Waals surface area contributed by atoms with Crippen LogP contribution in [0.5, 0.6) is 5.75 Å². The summed E-state index contributed by atoms with van der Waals surface area (Å²) in [6.07, 6.45) is 0.0933. The van der Waals surface area contributed by atoms with Crippen LogP contribution in [-0.4, -0.2) is 25.0 Å². The maximum Gasteiger partial charge on any atom is 0.256 e. The number of nitrogens with one attached hydrogen (secondary N) is 1. The summed E-state index contributed by atoms with van der Waals surface area (Å²) in [7, 11) is 1.56. The number of halogens is 1. The molecular formula is C17H15ClN2O3. The fraction of sp³-hybridized carbons (Fsp3) is 0.176. The number of para-hydroxylation sites is 1. The number of hydrogen-bond donors (Lipinski definition) is 1. The Labute approximate surface area is 138 Å². The minimum atomic E-state index is -0.621. The molecule has 0 spiro atoms. The van der Waals surface area contributed by atoms with Crippen molar-refractivity contribution >= 4 is 34.8 Å². The molecule has 2 aromatic rings. The van der Waals surface area contributed by atoms with Crippen LogP contribution in [0.15, 0.2) is 48.5 Å². The molecule has 0 bridgehead atoms. The summed E-state index contributed by atoms with van der Waals surface area (Å²) >= 11 is 6.09. The zero-order chi connectivity index (χ0) is 16.4. The number of hydrogen-bond acceptors (Lipinski definition) is 4. The Morgan fingerprint density at radius 2 is 1.83 bits per heavy atom. The van der Waals surface area contributed by atoms with Crippen molar-refractivity contribution in [3.63, 3.8) is 0 Å². The van der Waals surface area contributed by atoms with Gasteiger partial charge < -0.3 is 10.1 Å². The molecule has 1 aliphatic heterocycles. The molecule has 1 saturated heterocycles. The fourth-order valence-electron chi connectivity index (χ4n) is 2.51. The molecule has 1 unspecified atom stereocenters. The normalized spacial score (nSPS) is 17.5. The lowest BCUT2D eigenvalue weighted by molar-refractivity contribution is -0.121. The minimum Gasteiger partial charge on any atom is -0.497 e. The molecule has 0 saturated carbocycles. The average molecular weight is 331 g/mol. The SMILES string of the molecule is COc1ccc(N2C(=O)CC(Nc3ccccc3Cl)C2=O)cc1. The number of benzene rings is 2. The van der Waals surface area contributed by atoms with Gasteiger partial charge in [-0.25, -0.2) is 4.90 Å². The van der Waals surface area contributed by atoms with E-state index in [1.165, 1.54) is 4.90 Å². The van der Waals surface area contributed by atoms with Crippen molar-refractivity contribution in [1.29, 1.82) is 0 Å². The third-order valence-electron chi connectivity index (χ3n) is 3.68. The highest BCUT2D eigenvalue weighted by Crippen LogP contribution is 2.28. The summed E-state index contributed by atoms with van der Waals surface area (Å²) in [4.78, 5) is 26.0. The summed E-state index contributed by atoms with van der Waals surface area (Å²) in [5, 5.41) is 3.55. The molecule has 3 rings (SSSR count). The number of methoxy groups -OCH3 is 1. The number of amides is 2. The highest BCUT2D eigenvalue weighted by molar-refractivity contribution is 6.33. The van der Waals surface area contributed by atoms with Crippen LogP contribution in [0.4, 0.5) is 11.4 Å². The smallest absolute Gasteiger partial charge is 0.256 e. The number of imide groups is 1. The molecule has 1 fully saturated rings. The maximum absolute atomic E-state index is 12.6. The predicted octanol–water partition coefficient (Wildman–Crippen LogP) is 3.09. The highest BCUT2D eigenvalue weighted by atomic mass is 35.5. The molecule has 0 radical (unpaired) electrons. The second kappa shape index (κ2) is 6.30. The van der Waals surface area contributed by atoms with Crippen LogP contribution >= 0.6 is 11.6 Å². The molecule has 23 heavy (non-hydrogen) atoms. The van der Waals surface area contributed by atoms with Gasteiger partial charge in [-0.15, -0.1) is 0 Å². The van der Waals surface area contributed by atoms with Crippen LogP contribution in [0.2, 0.25) is 5.02 Å². The molecule has 1 atom stereocenters. The van der Waals surface area contributed by atoms with E-state index in [1.807, 2.05) is 6.07 Å². The molecule has 1 N–H and O–H groups in total. The third kappa shape index (κ3) is 3.00. The van der Waals surface area contributed by atoms with E-state index in [0.717, 1.165) is 0 Å². The van der Waals surface area contributed by atoms with Gasteiger partial charge in [0, 0.05) is 0 Å². The van der Waals surface area contributed by atoms with Gasteiger partial charge in [-0.2, -0.15) is 0 Å². The number of carbonyl (C=O) groups excluding carboxylic acids is 2. The van der Waals surface area contributed by atoms with Crippen LogP contribution in [0.25, 0.3) is 0 Å². The van der Waals surface area contributed by atoms with Crippen molar-refractivity contribution in [3.05, 3.63) is 53.6 Å². The van der Waals surface area contributed by atoms with E-state index in [2.05, 4.69) is 5.32 Å². The fourth-order valence-corrected chi connectivity index (χ4v) is 2.70. The van der Waals surface area contributed by atoms with Crippen LogP contribution in [0, 0.1) is 0 Å². The van der Waals surface area contributed by atoms with E-state index in [4.69, 9.17) is 16.3 Å². The summed E-state index contributed by atoms with van der Waals surface area (Å²) in [6.45, 7) is 0. The first kappa shape index (κ1) is 15.4. The third-order valence-corrected chi connectivity index (χ3v) is 4.01. The van der Waals surface area contributed by atoms with Crippen LogP contribution in [-0.2, 0) is 9.59 Å². The van der Waals surface area contributed by atoms with E-state index in [0.29, 0.717) is 22.1 Å². The van der Waals surface area contributed by atoms with Crippen molar-refractivity contribution in [2.75, 3.05) is 17.3 Å². The molecule has 2 amide bonds. The number of anilines is 2. The second-order valence-corrected chi connectivity index (χ2v) is 5.55. The molecule has 0 aromatic heterocycles. The zero-order valence-corrected chi connectivity index (χ0v) is 13.2. The van der Waals surface area contributed by atoms with Gasteiger partial charge in [-0.3, -0.25) is 9.59 Å². The van der Waals surface area contributed by atoms with Gasteiger partial charge in [0.25, 0.3) is 5.91 Å². The number of nitrogens with zero attached hydrogens (tertiary/aromatic N) is 1. The van der Waals surface area contributed by atoms with Crippen molar-refractivity contribution in [1.82, 2.24) is 0 Å². The standard InChI is InChI=1S/C17H15ClN2O3/c1-23-12-8-6-11(7-9-12)20-16(21)10-15(17(20)22)19-14-5-3-2-4-13(14)18/h2-9,15,19H,10H2,1H3. The first-order valence-electron chi connectivity index (χ1n) is 7.12. The van der Waals surface area contributed by atoms with Crippen molar-refractivity contribution in [2.45, 2.75) is 12.5 Å². The van der Waals surface area contributed by atoms with Crippen molar-refractivity contribution in [3.8, 4) is 5.75 Å². The molecular weight excluding hydrogens is 316 g/mol. The van der Waals surface area contributed by atoms with Crippen LogP contribution < -0.4 is 15.0 Å². The lowest BCUT2D eigenvalue weighted by Crippen LogP contribution is -2.34. The van der Waals surface area contributed by atoms with Crippen molar-refractivity contribution in [2.24, 2.45) is 0 Å². The van der Waals surface area contributed by atoms with Gasteiger partial charge in [0.1, 0.15) is 11.8 Å². The summed E-state index contributed by atoms with van der Waals surface area (Å²) < 4.78 is 5.08. The molecule has 1 heterocycles. The Balaban J connectivity index is 1.80. The molecule has 1 aliphatic rings. The Hall–Kier alpha value is -2.53. The minimum absolute atomic E-state index is 0.0933. The monoisotopic (exact) mass is 330 g/mol. The molecule has 6 heteroatoms. The van der Waals surface area contributed by atoms with E-state index >= 15 is 0 Å². The van der Waals surface area contributed by atoms with Crippen LogP contribution in [0.3, 0.4) is 0 Å². The second-order valence-electron chi connectivity index (χ2n) is 5.15. The summed E-state index contributed by atoms with van der Waals surface area (Å²) in [5.74, 6) is 0.128. The number of ether oxygens (including phenoxy) is 1. The highest BCUT2D eigenvalue weighted by Gasteiger charge is 2.39. The molecule has 5 nitrogen and oxygen atoms in total. The van der Waals surface area contributed by atoms with Gasteiger partial charge in [-0.1, -0.05) is 23.7 Å². The van der Waals surface area contributed by atoms with Gasteiger partial charge in [0.2, 0.25) is 5.91 Å². The molecule has 2 aromatic carbocycles. The Morgan fingerprint density at radius 1 is 1.13 bits per heavy atom. The topological polar surface area (TPSA) is 58.6 Å². The average Bonchev–Trinajstić information content (AvgIpc) is 2.84. The first-order chi connectivity index (χ1) is 11.1. The molecule has 0 aliphatic carbocycles. The van der Waals surface area contributed by atoms with Gasteiger partial charge in [-0.05, 0) is 36.4 Å². The number of rotatable bonds is 4. The largest absolute Gasteiger partial charge is 0.497 e.